The van der Waals surface area contributed by atoms with Gasteiger partial charge in [-0.3, -0.25) is 9.59 Å². The molecule has 154 valence electrons. The third-order valence-corrected chi connectivity index (χ3v) is 5.50. The molecule has 2 aromatic rings. The highest BCUT2D eigenvalue weighted by molar-refractivity contribution is 5.86. The van der Waals surface area contributed by atoms with E-state index in [1.807, 2.05) is 22.9 Å². The van der Waals surface area contributed by atoms with Crippen molar-refractivity contribution in [3.63, 3.8) is 0 Å². The summed E-state index contributed by atoms with van der Waals surface area (Å²) < 4.78 is 35.0. The Hall–Kier alpha value is -2.74. The van der Waals surface area contributed by atoms with Crippen LogP contribution in [0.25, 0.3) is 0 Å². The molecule has 1 saturated carbocycles. The molecule has 1 unspecified atom stereocenters. The first-order valence-electron chi connectivity index (χ1n) is 9.67. The summed E-state index contributed by atoms with van der Waals surface area (Å²) in [6, 6.07) is 6.46. The van der Waals surface area contributed by atoms with Crippen LogP contribution in [0.5, 0.6) is 0 Å². The fourth-order valence-electron chi connectivity index (χ4n) is 3.95. The Morgan fingerprint density at radius 3 is 2.69 bits per heavy atom. The van der Waals surface area contributed by atoms with E-state index in [2.05, 4.69) is 0 Å². The second-order valence-corrected chi connectivity index (χ2v) is 7.47. The number of halogens is 2. The van der Waals surface area contributed by atoms with Crippen molar-refractivity contribution in [1.82, 2.24) is 14.4 Å². The third kappa shape index (κ3) is 3.89. The molecule has 0 radical (unpaired) electrons. The number of carbonyl (C=O) groups excluding carboxylic acids is 2. The van der Waals surface area contributed by atoms with E-state index in [4.69, 9.17) is 4.74 Å². The van der Waals surface area contributed by atoms with Crippen LogP contribution in [0.4, 0.5) is 8.78 Å². The van der Waals surface area contributed by atoms with Gasteiger partial charge in [-0.15, -0.1) is 0 Å². The number of benzene rings is 1. The van der Waals surface area contributed by atoms with Crippen molar-refractivity contribution in [3.8, 4) is 0 Å². The molecule has 1 aliphatic carbocycles. The first kappa shape index (κ1) is 19.6. The van der Waals surface area contributed by atoms with Gasteiger partial charge in [0, 0.05) is 49.8 Å². The summed E-state index contributed by atoms with van der Waals surface area (Å²) >= 11 is 0. The van der Waals surface area contributed by atoms with Crippen LogP contribution in [0.15, 0.2) is 36.5 Å². The van der Waals surface area contributed by atoms with Gasteiger partial charge in [-0.2, -0.15) is 0 Å². The molecule has 29 heavy (non-hydrogen) atoms. The molecule has 0 bridgehead atoms. The molecule has 2 heterocycles. The fourth-order valence-corrected chi connectivity index (χ4v) is 3.95. The quantitative estimate of drug-likeness (QED) is 0.744. The number of fused-ring (bicyclic) bond motifs is 1. The number of hydrogen-bond acceptors (Lipinski definition) is 3. The minimum Gasteiger partial charge on any atom is -0.375 e. The lowest BCUT2D eigenvalue weighted by atomic mass is 9.99. The van der Waals surface area contributed by atoms with Crippen molar-refractivity contribution in [2.24, 2.45) is 0 Å². The number of methoxy groups -OCH3 is 1. The predicted octanol–water partition coefficient (Wildman–Crippen LogP) is 2.34. The van der Waals surface area contributed by atoms with Gasteiger partial charge in [0.15, 0.2) is 0 Å². The van der Waals surface area contributed by atoms with E-state index in [0.29, 0.717) is 13.1 Å². The van der Waals surface area contributed by atoms with Crippen LogP contribution in [0, 0.1) is 11.6 Å². The molecule has 2 aliphatic rings. The maximum absolute atomic E-state index is 14.6. The normalized spacial score (nSPS) is 18.4. The lowest BCUT2D eigenvalue weighted by molar-refractivity contribution is -0.144. The average Bonchev–Trinajstić information content (AvgIpc) is 3.41. The minimum absolute atomic E-state index is 0.0521. The Bertz CT molecular complexity index is 926. The SMILES string of the molecule is COCC(=O)N(CC(=O)N1CCn2cccc2C1c1ccc(F)cc1F)C1CC1. The van der Waals surface area contributed by atoms with Crippen molar-refractivity contribution in [2.75, 3.05) is 26.8 Å². The smallest absolute Gasteiger partial charge is 0.249 e. The zero-order chi connectivity index (χ0) is 20.5. The fraction of sp³-hybridized carbons (Fsp3) is 0.429. The van der Waals surface area contributed by atoms with E-state index in [0.717, 1.165) is 24.6 Å². The van der Waals surface area contributed by atoms with E-state index in [1.54, 1.807) is 9.80 Å². The number of hydrogen-bond donors (Lipinski definition) is 0. The summed E-state index contributed by atoms with van der Waals surface area (Å²) in [7, 11) is 1.44. The molecule has 2 amide bonds. The lowest BCUT2D eigenvalue weighted by Crippen LogP contribution is -2.49. The minimum atomic E-state index is -0.697. The van der Waals surface area contributed by atoms with Crippen molar-refractivity contribution >= 4 is 11.8 Å². The maximum Gasteiger partial charge on any atom is 0.249 e. The number of carbonyl (C=O) groups is 2. The van der Waals surface area contributed by atoms with Crippen LogP contribution in [-0.2, 0) is 20.9 Å². The molecule has 1 aliphatic heterocycles. The highest BCUT2D eigenvalue weighted by Gasteiger charge is 2.38. The molecule has 0 saturated heterocycles. The van der Waals surface area contributed by atoms with Crippen LogP contribution >= 0.6 is 0 Å². The van der Waals surface area contributed by atoms with Crippen LogP contribution in [0.1, 0.15) is 30.1 Å². The summed E-state index contributed by atoms with van der Waals surface area (Å²) in [5, 5.41) is 0. The summed E-state index contributed by atoms with van der Waals surface area (Å²) in [5.41, 5.74) is 0.997. The largest absolute Gasteiger partial charge is 0.375 e. The Kier molecular flexibility index (Phi) is 5.36. The Morgan fingerprint density at radius 1 is 1.21 bits per heavy atom. The van der Waals surface area contributed by atoms with Gasteiger partial charge < -0.3 is 19.1 Å². The van der Waals surface area contributed by atoms with Crippen LogP contribution in [0.3, 0.4) is 0 Å². The molecule has 6 nitrogen and oxygen atoms in total. The first-order valence-corrected chi connectivity index (χ1v) is 9.67. The summed E-state index contributed by atoms with van der Waals surface area (Å²) in [6.45, 7) is 0.789. The predicted molar refractivity (Wildman–Crippen MR) is 101 cm³/mol. The topological polar surface area (TPSA) is 54.8 Å². The summed E-state index contributed by atoms with van der Waals surface area (Å²) in [4.78, 5) is 28.7. The highest BCUT2D eigenvalue weighted by Crippen LogP contribution is 2.35. The van der Waals surface area contributed by atoms with E-state index < -0.39 is 17.7 Å². The zero-order valence-electron chi connectivity index (χ0n) is 16.2. The second kappa shape index (κ2) is 7.94. The van der Waals surface area contributed by atoms with E-state index in [1.165, 1.54) is 19.2 Å². The number of aromatic nitrogens is 1. The monoisotopic (exact) mass is 403 g/mol. The Balaban J connectivity index is 1.64. The van der Waals surface area contributed by atoms with Crippen molar-refractivity contribution in [1.29, 1.82) is 0 Å². The molecule has 1 aromatic carbocycles. The first-order chi connectivity index (χ1) is 14.0. The van der Waals surface area contributed by atoms with E-state index in [-0.39, 0.29) is 36.6 Å². The standard InChI is InChI=1S/C21H23F2N3O3/c1-29-13-20(28)26(15-5-6-15)12-19(27)25-10-9-24-8-2-3-18(24)21(25)16-7-4-14(22)11-17(16)23/h2-4,7-8,11,15,21H,5-6,9-10,12-13H2,1H3. The van der Waals surface area contributed by atoms with Gasteiger partial charge in [0.05, 0.1) is 0 Å². The Labute approximate surface area is 167 Å². The molecule has 0 spiro atoms. The number of rotatable bonds is 6. The maximum atomic E-state index is 14.6. The number of ether oxygens (including phenoxy) is 1. The van der Waals surface area contributed by atoms with Gasteiger partial charge >= 0.3 is 0 Å². The zero-order valence-corrected chi connectivity index (χ0v) is 16.2. The number of amides is 2. The van der Waals surface area contributed by atoms with Gasteiger partial charge in [-0.05, 0) is 31.0 Å². The second-order valence-electron chi connectivity index (χ2n) is 7.47. The summed E-state index contributed by atoms with van der Waals surface area (Å²) in [5.74, 6) is -1.85. The molecule has 0 N–H and O–H groups in total. The van der Waals surface area contributed by atoms with Gasteiger partial charge in [0.2, 0.25) is 11.8 Å². The van der Waals surface area contributed by atoms with Crippen molar-refractivity contribution in [3.05, 3.63) is 59.4 Å². The van der Waals surface area contributed by atoms with Gasteiger partial charge in [-0.1, -0.05) is 6.07 Å². The van der Waals surface area contributed by atoms with Gasteiger partial charge in [0.1, 0.15) is 30.8 Å². The van der Waals surface area contributed by atoms with E-state index >= 15 is 0 Å². The molecule has 4 rings (SSSR count). The average molecular weight is 403 g/mol. The Morgan fingerprint density at radius 2 is 2.00 bits per heavy atom. The lowest BCUT2D eigenvalue weighted by Gasteiger charge is -2.38. The third-order valence-electron chi connectivity index (χ3n) is 5.50. The molecular formula is C21H23F2N3O3. The molecule has 1 aromatic heterocycles. The molecule has 8 heteroatoms. The molecule has 1 fully saturated rings. The van der Waals surface area contributed by atoms with Crippen molar-refractivity contribution < 1.29 is 23.1 Å². The molecule has 1 atom stereocenters. The van der Waals surface area contributed by atoms with Gasteiger partial charge in [-0.25, -0.2) is 8.78 Å². The van der Waals surface area contributed by atoms with Crippen molar-refractivity contribution in [2.45, 2.75) is 31.5 Å². The van der Waals surface area contributed by atoms with Crippen LogP contribution < -0.4 is 0 Å². The summed E-state index contributed by atoms with van der Waals surface area (Å²) in [6.07, 6.45) is 3.60. The highest BCUT2D eigenvalue weighted by atomic mass is 19.1. The van der Waals surface area contributed by atoms with Crippen LogP contribution in [-0.4, -0.2) is 59.0 Å². The molecular weight excluding hydrogens is 380 g/mol. The van der Waals surface area contributed by atoms with Gasteiger partial charge in [0.25, 0.3) is 0 Å². The van der Waals surface area contributed by atoms with E-state index in [9.17, 15) is 18.4 Å². The number of nitrogens with zero attached hydrogens (tertiary/aromatic N) is 3. The van der Waals surface area contributed by atoms with Crippen LogP contribution in [0.2, 0.25) is 0 Å².